The zero-order valence-corrected chi connectivity index (χ0v) is 20.4. The van der Waals surface area contributed by atoms with E-state index < -0.39 is 11.1 Å². The molecule has 1 atom stereocenters. The van der Waals surface area contributed by atoms with Crippen LogP contribution in [0.5, 0.6) is 5.75 Å². The predicted molar refractivity (Wildman–Crippen MR) is 128 cm³/mol. The first-order valence-electron chi connectivity index (χ1n) is 10.0. The minimum atomic E-state index is -1.57. The van der Waals surface area contributed by atoms with E-state index in [4.69, 9.17) is 4.18 Å². The van der Waals surface area contributed by atoms with E-state index in [2.05, 4.69) is 5.10 Å². The fourth-order valence-electron chi connectivity index (χ4n) is 2.17. The minimum Gasteiger partial charge on any atom is -0.392 e. The Balaban J connectivity index is 0.00000120. The van der Waals surface area contributed by atoms with E-state index in [-0.39, 0.29) is 0 Å². The lowest BCUT2D eigenvalue weighted by atomic mass is 10.3. The second-order valence-corrected chi connectivity index (χ2v) is 6.70. The molecule has 0 spiro atoms. The molecular formula is C23H34N2O2S2. The Labute approximate surface area is 183 Å². The Hall–Kier alpha value is -2.05. The number of para-hydroxylation sites is 1. The fraction of sp³-hybridized carbons (Fsp3) is 0.348. The molecule has 0 aliphatic rings. The van der Waals surface area contributed by atoms with Crippen LogP contribution in [0.3, 0.4) is 0 Å². The third-order valence-corrected chi connectivity index (χ3v) is 4.95. The summed E-state index contributed by atoms with van der Waals surface area (Å²) < 4.78 is 20.0. The number of benzene rings is 2. The smallest absolute Gasteiger partial charge is 0.240 e. The maximum Gasteiger partial charge on any atom is 0.240 e. The number of hydrogen-bond acceptors (Lipinski definition) is 4. The summed E-state index contributed by atoms with van der Waals surface area (Å²) in [7, 11) is 0. The molecule has 0 bridgehead atoms. The fourth-order valence-corrected chi connectivity index (χ4v) is 3.58. The lowest BCUT2D eigenvalue weighted by molar-refractivity contribution is 0.549. The van der Waals surface area contributed by atoms with Crippen LogP contribution >= 0.6 is 11.8 Å². The van der Waals surface area contributed by atoms with E-state index in [0.717, 1.165) is 16.4 Å². The molecule has 0 fully saturated rings. The van der Waals surface area contributed by atoms with Crippen LogP contribution in [0.2, 0.25) is 0 Å². The maximum atomic E-state index is 12.4. The molecule has 0 radical (unpaired) electrons. The molecule has 6 heteroatoms. The Bertz CT molecular complexity index is 820. The predicted octanol–water partition coefficient (Wildman–Crippen LogP) is 7.08. The number of thioether (sulfide) groups is 1. The maximum absolute atomic E-state index is 12.4. The van der Waals surface area contributed by atoms with Gasteiger partial charge in [-0.1, -0.05) is 77.9 Å². The largest absolute Gasteiger partial charge is 0.392 e. The van der Waals surface area contributed by atoms with Gasteiger partial charge in [0.05, 0.1) is 16.3 Å². The highest BCUT2D eigenvalue weighted by molar-refractivity contribution is 7.98. The van der Waals surface area contributed by atoms with E-state index in [9.17, 15) is 4.21 Å². The molecule has 0 saturated heterocycles. The van der Waals surface area contributed by atoms with Gasteiger partial charge in [0.15, 0.2) is 10.8 Å². The van der Waals surface area contributed by atoms with Gasteiger partial charge < -0.3 is 4.18 Å². The Morgan fingerprint density at radius 3 is 1.83 bits per heavy atom. The number of nitrogens with zero attached hydrogens (tertiary/aromatic N) is 2. The second-order valence-electron chi connectivity index (χ2n) is 4.80. The van der Waals surface area contributed by atoms with Gasteiger partial charge in [-0.05, 0) is 37.4 Å². The first-order chi connectivity index (χ1) is 14.2. The molecule has 29 heavy (non-hydrogen) atoms. The number of rotatable bonds is 5. The van der Waals surface area contributed by atoms with Crippen LogP contribution in [0, 0.1) is 6.92 Å². The van der Waals surface area contributed by atoms with Crippen molar-refractivity contribution in [3.05, 3.63) is 66.4 Å². The van der Waals surface area contributed by atoms with Crippen LogP contribution in [0.15, 0.2) is 70.6 Å². The summed E-state index contributed by atoms with van der Waals surface area (Å²) in [5.41, 5.74) is 1.77. The molecule has 0 aliphatic carbocycles. The number of aromatic nitrogens is 2. The lowest BCUT2D eigenvalue weighted by Gasteiger charge is -2.06. The quantitative estimate of drug-likeness (QED) is 0.402. The van der Waals surface area contributed by atoms with Crippen molar-refractivity contribution in [3.63, 3.8) is 0 Å². The molecule has 0 saturated carbocycles. The van der Waals surface area contributed by atoms with Gasteiger partial charge in [-0.15, -0.1) is 11.8 Å². The van der Waals surface area contributed by atoms with Gasteiger partial charge in [-0.2, -0.15) is 5.10 Å². The van der Waals surface area contributed by atoms with Gasteiger partial charge in [0.1, 0.15) is 0 Å². The molecule has 0 amide bonds. The van der Waals surface area contributed by atoms with Crippen molar-refractivity contribution in [2.24, 2.45) is 0 Å². The molecule has 0 N–H and O–H groups in total. The third-order valence-electron chi connectivity index (χ3n) is 3.32. The van der Waals surface area contributed by atoms with Crippen LogP contribution in [-0.2, 0) is 11.1 Å². The van der Waals surface area contributed by atoms with Gasteiger partial charge in [0.25, 0.3) is 0 Å². The topological polar surface area (TPSA) is 44.1 Å². The average Bonchev–Trinajstić information content (AvgIpc) is 3.14. The highest BCUT2D eigenvalue weighted by atomic mass is 32.2. The van der Waals surface area contributed by atoms with Crippen LogP contribution in [-0.4, -0.2) is 20.2 Å². The summed E-state index contributed by atoms with van der Waals surface area (Å²) in [6.45, 7) is 13.9. The molecule has 1 unspecified atom stereocenters. The number of hydrogen-bond donors (Lipinski definition) is 0. The molecular weight excluding hydrogens is 400 g/mol. The summed E-state index contributed by atoms with van der Waals surface area (Å²) in [5, 5.41) is 5.28. The standard InChI is InChI=1S/C17H16N2O2S2.3C2H6/c1-13-16(21-23(20)15-11-7-4-8-12-15)17(22-2)18-19(13)14-9-5-3-6-10-14;3*1-2/h3-12H,1-2H3;3*1-2H3. The molecule has 2 aromatic carbocycles. The SMILES string of the molecule is CC.CC.CC.CSc1nn(-c2ccccc2)c(C)c1OS(=O)c1ccccc1. The average molecular weight is 435 g/mol. The molecule has 3 aromatic rings. The highest BCUT2D eigenvalue weighted by Gasteiger charge is 2.19. The van der Waals surface area contributed by atoms with Gasteiger partial charge >= 0.3 is 0 Å². The van der Waals surface area contributed by atoms with E-state index in [0.29, 0.717) is 10.6 Å². The van der Waals surface area contributed by atoms with Crippen molar-refractivity contribution >= 4 is 22.8 Å². The van der Waals surface area contributed by atoms with E-state index in [1.807, 2.05) is 108 Å². The molecule has 4 nitrogen and oxygen atoms in total. The van der Waals surface area contributed by atoms with Crippen molar-refractivity contribution in [2.45, 2.75) is 58.4 Å². The van der Waals surface area contributed by atoms with Gasteiger partial charge in [0.2, 0.25) is 11.1 Å². The van der Waals surface area contributed by atoms with Crippen molar-refractivity contribution in [3.8, 4) is 11.4 Å². The van der Waals surface area contributed by atoms with Crippen LogP contribution < -0.4 is 4.18 Å². The molecule has 1 heterocycles. The third kappa shape index (κ3) is 7.71. The van der Waals surface area contributed by atoms with E-state index in [1.54, 1.807) is 12.1 Å². The van der Waals surface area contributed by atoms with Gasteiger partial charge in [-0.3, -0.25) is 0 Å². The first-order valence-corrected chi connectivity index (χ1v) is 12.3. The normalized spacial score (nSPS) is 10.2. The summed E-state index contributed by atoms with van der Waals surface area (Å²) in [4.78, 5) is 0.631. The molecule has 3 rings (SSSR count). The highest BCUT2D eigenvalue weighted by Crippen LogP contribution is 2.33. The Morgan fingerprint density at radius 1 is 0.862 bits per heavy atom. The Morgan fingerprint density at radius 2 is 1.34 bits per heavy atom. The summed E-state index contributed by atoms with van der Waals surface area (Å²) in [6.07, 6.45) is 1.93. The Kier molecular flexibility index (Phi) is 14.7. The van der Waals surface area contributed by atoms with Crippen LogP contribution in [0.25, 0.3) is 5.69 Å². The zero-order valence-electron chi connectivity index (χ0n) is 18.8. The molecule has 160 valence electrons. The van der Waals surface area contributed by atoms with Crippen molar-refractivity contribution in [2.75, 3.05) is 6.26 Å². The second kappa shape index (κ2) is 15.8. The first kappa shape index (κ1) is 27.0. The van der Waals surface area contributed by atoms with Crippen LogP contribution in [0.4, 0.5) is 0 Å². The molecule has 0 aliphatic heterocycles. The van der Waals surface area contributed by atoms with Gasteiger partial charge in [0, 0.05) is 0 Å². The zero-order chi connectivity index (χ0) is 22.2. The van der Waals surface area contributed by atoms with Crippen molar-refractivity contribution in [1.29, 1.82) is 0 Å². The van der Waals surface area contributed by atoms with Crippen LogP contribution in [0.1, 0.15) is 47.2 Å². The summed E-state index contributed by atoms with van der Waals surface area (Å²) in [5.74, 6) is 0.559. The summed E-state index contributed by atoms with van der Waals surface area (Å²) >= 11 is -0.0954. The monoisotopic (exact) mass is 434 g/mol. The minimum absolute atomic E-state index is 0.559. The van der Waals surface area contributed by atoms with Crippen molar-refractivity contribution < 1.29 is 8.39 Å². The van der Waals surface area contributed by atoms with Crippen molar-refractivity contribution in [1.82, 2.24) is 9.78 Å². The molecule has 1 aromatic heterocycles. The van der Waals surface area contributed by atoms with E-state index >= 15 is 0 Å². The summed E-state index contributed by atoms with van der Waals surface area (Å²) in [6, 6.07) is 18.9. The lowest BCUT2D eigenvalue weighted by Crippen LogP contribution is -2.03. The van der Waals surface area contributed by atoms with Gasteiger partial charge in [-0.25, -0.2) is 8.89 Å². The van der Waals surface area contributed by atoms with E-state index in [1.165, 1.54) is 11.8 Å².